The van der Waals surface area contributed by atoms with Gasteiger partial charge >= 0.3 is 0 Å². The fourth-order valence-electron chi connectivity index (χ4n) is 0.597. The molecule has 1 atom stereocenters. The molecule has 0 rings (SSSR count). The summed E-state index contributed by atoms with van der Waals surface area (Å²) < 4.78 is 4.96. The van der Waals surface area contributed by atoms with Gasteiger partial charge in [0, 0.05) is 13.7 Å². The van der Waals surface area contributed by atoms with E-state index in [1.165, 1.54) is 0 Å². The van der Waals surface area contributed by atoms with Gasteiger partial charge in [0.2, 0.25) is 0 Å². The first-order valence-corrected chi connectivity index (χ1v) is 4.73. The van der Waals surface area contributed by atoms with E-state index in [1.807, 2.05) is 11.8 Å². The highest BCUT2D eigenvalue weighted by Gasteiger charge is 2.04. The minimum atomic E-state index is 0.593. The highest BCUT2D eigenvalue weighted by molar-refractivity contribution is 7.99. The Morgan fingerprint density at radius 2 is 2.20 bits per heavy atom. The number of rotatable bonds is 5. The summed E-state index contributed by atoms with van der Waals surface area (Å²) >= 11 is 1.85. The zero-order valence-electron chi connectivity index (χ0n) is 7.26. The van der Waals surface area contributed by atoms with Gasteiger partial charge < -0.3 is 4.74 Å². The Bertz CT molecular complexity index is 80.0. The summed E-state index contributed by atoms with van der Waals surface area (Å²) in [6.45, 7) is 4.03. The maximum atomic E-state index is 4.96. The molecule has 2 nitrogen and oxygen atoms in total. The quantitative estimate of drug-likeness (QED) is 0.566. The summed E-state index contributed by atoms with van der Waals surface area (Å²) in [5.74, 6) is 0. The molecule has 0 bridgehead atoms. The number of hydrogen-bond acceptors (Lipinski definition) is 3. The Balaban J connectivity index is 3.31. The molecule has 0 aliphatic carbocycles. The molecule has 0 spiro atoms. The van der Waals surface area contributed by atoms with Gasteiger partial charge in [0.15, 0.2) is 0 Å². The Kier molecular flexibility index (Phi) is 6.17. The highest BCUT2D eigenvalue weighted by atomic mass is 32.2. The predicted molar refractivity (Wildman–Crippen MR) is 47.5 cm³/mol. The fraction of sp³-hybridized carbons (Fsp3) is 1.00. The van der Waals surface area contributed by atoms with E-state index in [9.17, 15) is 0 Å². The van der Waals surface area contributed by atoms with Crippen LogP contribution in [0.2, 0.25) is 0 Å². The number of ether oxygens (including phenoxy) is 1. The van der Waals surface area contributed by atoms with Crippen LogP contribution in [0.5, 0.6) is 0 Å². The number of likely N-dealkylation sites (N-methyl/N-ethyl adjacent to an activating group) is 1. The van der Waals surface area contributed by atoms with Crippen LogP contribution >= 0.6 is 11.8 Å². The molecule has 0 N–H and O–H groups in total. The van der Waals surface area contributed by atoms with Crippen LogP contribution in [0.4, 0.5) is 0 Å². The minimum absolute atomic E-state index is 0.593. The van der Waals surface area contributed by atoms with Crippen molar-refractivity contribution in [3.05, 3.63) is 0 Å². The molecule has 62 valence electrons. The van der Waals surface area contributed by atoms with Crippen LogP contribution in [-0.2, 0) is 4.74 Å². The smallest absolute Gasteiger partial charge is 0.0589 e. The molecule has 0 aromatic heterocycles. The Labute approximate surface area is 67.9 Å². The largest absolute Gasteiger partial charge is 0.383 e. The van der Waals surface area contributed by atoms with Crippen LogP contribution in [0.1, 0.15) is 6.92 Å². The van der Waals surface area contributed by atoms with Crippen LogP contribution in [0.25, 0.3) is 0 Å². The van der Waals surface area contributed by atoms with E-state index in [0.29, 0.717) is 5.37 Å². The Hall–Kier alpha value is 0.270. The first-order chi connectivity index (χ1) is 4.72. The minimum Gasteiger partial charge on any atom is -0.383 e. The van der Waals surface area contributed by atoms with Crippen molar-refractivity contribution in [2.75, 3.05) is 33.6 Å². The average molecular weight is 163 g/mol. The van der Waals surface area contributed by atoms with Gasteiger partial charge in [0.25, 0.3) is 0 Å². The molecule has 0 saturated heterocycles. The Morgan fingerprint density at radius 3 is 2.60 bits per heavy atom. The molecule has 0 aliphatic rings. The van der Waals surface area contributed by atoms with Crippen LogP contribution in [0.3, 0.4) is 0 Å². The van der Waals surface area contributed by atoms with E-state index < -0.39 is 0 Å². The predicted octanol–water partition coefficient (Wildman–Crippen LogP) is 1.27. The van der Waals surface area contributed by atoms with Crippen LogP contribution in [0.15, 0.2) is 0 Å². The van der Waals surface area contributed by atoms with Gasteiger partial charge in [-0.1, -0.05) is 0 Å². The van der Waals surface area contributed by atoms with Crippen molar-refractivity contribution >= 4 is 11.8 Å². The van der Waals surface area contributed by atoms with E-state index in [0.717, 1.165) is 13.2 Å². The van der Waals surface area contributed by atoms with Gasteiger partial charge in [-0.15, -0.1) is 11.8 Å². The molecule has 10 heavy (non-hydrogen) atoms. The molecule has 0 saturated carbocycles. The monoisotopic (exact) mass is 163 g/mol. The standard InChI is InChI=1S/C7H17NOS/c1-7(10-4)8(2)5-6-9-3/h7H,5-6H2,1-4H3/t7-/m1/s1. The molecular weight excluding hydrogens is 146 g/mol. The van der Waals surface area contributed by atoms with Crippen molar-refractivity contribution in [2.24, 2.45) is 0 Å². The van der Waals surface area contributed by atoms with Crippen LogP contribution < -0.4 is 0 Å². The summed E-state index contributed by atoms with van der Waals surface area (Å²) in [5, 5.41) is 0.593. The normalized spacial score (nSPS) is 14.1. The van der Waals surface area contributed by atoms with Gasteiger partial charge in [0.05, 0.1) is 12.0 Å². The summed E-state index contributed by atoms with van der Waals surface area (Å²) in [6, 6.07) is 0. The van der Waals surface area contributed by atoms with Gasteiger partial charge in [-0.2, -0.15) is 0 Å². The van der Waals surface area contributed by atoms with Gasteiger partial charge in [-0.05, 0) is 20.2 Å². The maximum Gasteiger partial charge on any atom is 0.0589 e. The topological polar surface area (TPSA) is 12.5 Å². The molecule has 0 unspecified atom stereocenters. The van der Waals surface area contributed by atoms with E-state index >= 15 is 0 Å². The third kappa shape index (κ3) is 4.14. The molecular formula is C7H17NOS. The number of methoxy groups -OCH3 is 1. The SMILES string of the molecule is COCCN(C)[C@@H](C)SC. The summed E-state index contributed by atoms with van der Waals surface area (Å²) in [6.07, 6.45) is 2.12. The van der Waals surface area contributed by atoms with Gasteiger partial charge in [-0.3, -0.25) is 4.90 Å². The Morgan fingerprint density at radius 1 is 1.60 bits per heavy atom. The lowest BCUT2D eigenvalue weighted by Crippen LogP contribution is -2.29. The molecule has 0 aromatic carbocycles. The molecule has 3 heteroatoms. The molecule has 0 aliphatic heterocycles. The van der Waals surface area contributed by atoms with E-state index in [-0.39, 0.29) is 0 Å². The summed E-state index contributed by atoms with van der Waals surface area (Å²) in [5.41, 5.74) is 0. The molecule has 0 aromatic rings. The van der Waals surface area contributed by atoms with Crippen molar-refractivity contribution < 1.29 is 4.74 Å². The van der Waals surface area contributed by atoms with E-state index in [2.05, 4.69) is 25.1 Å². The van der Waals surface area contributed by atoms with Gasteiger partial charge in [-0.25, -0.2) is 0 Å². The maximum absolute atomic E-state index is 4.96. The lowest BCUT2D eigenvalue weighted by molar-refractivity contribution is 0.159. The van der Waals surface area contributed by atoms with Crippen molar-refractivity contribution in [3.63, 3.8) is 0 Å². The second-order valence-electron chi connectivity index (χ2n) is 2.31. The zero-order chi connectivity index (χ0) is 7.98. The van der Waals surface area contributed by atoms with Crippen molar-refractivity contribution in [2.45, 2.75) is 12.3 Å². The lowest BCUT2D eigenvalue weighted by atomic mass is 10.5. The van der Waals surface area contributed by atoms with E-state index in [1.54, 1.807) is 7.11 Å². The molecule has 0 heterocycles. The van der Waals surface area contributed by atoms with Crippen molar-refractivity contribution in [3.8, 4) is 0 Å². The lowest BCUT2D eigenvalue weighted by Gasteiger charge is -2.21. The van der Waals surface area contributed by atoms with Gasteiger partial charge in [0.1, 0.15) is 0 Å². The van der Waals surface area contributed by atoms with Crippen LogP contribution in [0, 0.1) is 0 Å². The zero-order valence-corrected chi connectivity index (χ0v) is 8.07. The third-order valence-corrected chi connectivity index (χ3v) is 2.65. The summed E-state index contributed by atoms with van der Waals surface area (Å²) in [4.78, 5) is 2.27. The number of nitrogens with zero attached hydrogens (tertiary/aromatic N) is 1. The van der Waals surface area contributed by atoms with Crippen molar-refractivity contribution in [1.29, 1.82) is 0 Å². The first kappa shape index (κ1) is 10.3. The summed E-state index contributed by atoms with van der Waals surface area (Å²) in [7, 11) is 3.85. The molecule has 0 radical (unpaired) electrons. The molecule has 0 amide bonds. The first-order valence-electron chi connectivity index (χ1n) is 3.44. The highest BCUT2D eigenvalue weighted by Crippen LogP contribution is 2.07. The number of thioether (sulfide) groups is 1. The fourth-order valence-corrected chi connectivity index (χ4v) is 1.06. The second-order valence-corrected chi connectivity index (χ2v) is 3.46. The third-order valence-electron chi connectivity index (χ3n) is 1.61. The number of hydrogen-bond donors (Lipinski definition) is 0. The van der Waals surface area contributed by atoms with E-state index in [4.69, 9.17) is 4.74 Å². The van der Waals surface area contributed by atoms with Crippen LogP contribution in [-0.4, -0.2) is 43.8 Å². The molecule has 0 fully saturated rings. The average Bonchev–Trinajstić information content (AvgIpc) is 1.98. The second kappa shape index (κ2) is 6.01. The van der Waals surface area contributed by atoms with Crippen molar-refractivity contribution in [1.82, 2.24) is 4.90 Å².